The van der Waals surface area contributed by atoms with E-state index < -0.39 is 0 Å². The van der Waals surface area contributed by atoms with Crippen LogP contribution >= 0.6 is 0 Å². The van der Waals surface area contributed by atoms with Gasteiger partial charge in [0.1, 0.15) is 11.6 Å². The van der Waals surface area contributed by atoms with E-state index in [0.717, 1.165) is 11.3 Å². The molecule has 0 radical (unpaired) electrons. The molecule has 2 heterocycles. The van der Waals surface area contributed by atoms with E-state index in [-0.39, 0.29) is 17.6 Å². The lowest BCUT2D eigenvalue weighted by atomic mass is 10.00. The Balaban J connectivity index is 1.42. The van der Waals surface area contributed by atoms with Gasteiger partial charge in [0.15, 0.2) is 0 Å². The molecule has 1 aliphatic rings. The van der Waals surface area contributed by atoms with Crippen molar-refractivity contribution in [1.29, 1.82) is 0 Å². The summed E-state index contributed by atoms with van der Waals surface area (Å²) in [4.78, 5) is 28.0. The number of hydrogen-bond donors (Lipinski definition) is 2. The zero-order valence-corrected chi connectivity index (χ0v) is 14.7. The van der Waals surface area contributed by atoms with Crippen molar-refractivity contribution in [1.82, 2.24) is 4.98 Å². The molecule has 28 heavy (non-hydrogen) atoms. The summed E-state index contributed by atoms with van der Waals surface area (Å²) in [5.41, 5.74) is 2.70. The van der Waals surface area contributed by atoms with Crippen LogP contribution in [0.2, 0.25) is 0 Å². The zero-order chi connectivity index (χ0) is 19.5. The van der Waals surface area contributed by atoms with E-state index in [2.05, 4.69) is 15.6 Å². The van der Waals surface area contributed by atoms with E-state index in [1.54, 1.807) is 30.3 Å². The molecule has 0 saturated heterocycles. The van der Waals surface area contributed by atoms with Crippen LogP contribution in [0.3, 0.4) is 0 Å². The van der Waals surface area contributed by atoms with Gasteiger partial charge >= 0.3 is 0 Å². The first-order valence-electron chi connectivity index (χ1n) is 8.70. The third kappa shape index (κ3) is 3.98. The Bertz CT molecular complexity index is 1030. The second kappa shape index (κ2) is 7.48. The Kier molecular flexibility index (Phi) is 4.72. The topological polar surface area (TPSA) is 80.3 Å². The molecule has 1 aromatic heterocycles. The van der Waals surface area contributed by atoms with Crippen molar-refractivity contribution in [3.05, 3.63) is 77.7 Å². The van der Waals surface area contributed by atoms with Crippen LogP contribution in [0.4, 0.5) is 15.8 Å². The lowest BCUT2D eigenvalue weighted by Gasteiger charge is -2.17. The Morgan fingerprint density at radius 3 is 2.64 bits per heavy atom. The van der Waals surface area contributed by atoms with Crippen LogP contribution in [-0.2, 0) is 11.2 Å². The van der Waals surface area contributed by atoms with Gasteiger partial charge < -0.3 is 15.4 Å². The van der Waals surface area contributed by atoms with Gasteiger partial charge in [0.25, 0.3) is 5.91 Å². The highest BCUT2D eigenvalue weighted by Gasteiger charge is 2.16. The van der Waals surface area contributed by atoms with E-state index in [9.17, 15) is 14.0 Å². The highest BCUT2D eigenvalue weighted by Crippen LogP contribution is 2.24. The number of benzene rings is 2. The predicted octanol–water partition coefficient (Wildman–Crippen LogP) is 4.15. The second-order valence-electron chi connectivity index (χ2n) is 6.32. The third-order valence-corrected chi connectivity index (χ3v) is 4.29. The van der Waals surface area contributed by atoms with Gasteiger partial charge in [-0.2, -0.15) is 0 Å². The highest BCUT2D eigenvalue weighted by atomic mass is 19.1. The second-order valence-corrected chi connectivity index (χ2v) is 6.32. The van der Waals surface area contributed by atoms with Crippen molar-refractivity contribution in [2.45, 2.75) is 12.8 Å². The van der Waals surface area contributed by atoms with E-state index in [4.69, 9.17) is 4.74 Å². The maximum absolute atomic E-state index is 12.9. The van der Waals surface area contributed by atoms with Crippen LogP contribution in [0.1, 0.15) is 22.3 Å². The summed E-state index contributed by atoms with van der Waals surface area (Å²) in [6.45, 7) is 0. The molecule has 2 amide bonds. The molecule has 0 atom stereocenters. The van der Waals surface area contributed by atoms with Gasteiger partial charge in [-0.05, 0) is 60.5 Å². The number of aromatic nitrogens is 1. The SMILES string of the molecule is O=C1CCc2cc(C(=O)Nc3ccc(Oc4ccc(F)cc4)nc3)ccc2N1. The van der Waals surface area contributed by atoms with Gasteiger partial charge in [-0.15, -0.1) is 0 Å². The highest BCUT2D eigenvalue weighted by molar-refractivity contribution is 6.05. The summed E-state index contributed by atoms with van der Waals surface area (Å²) in [7, 11) is 0. The molecule has 6 nitrogen and oxygen atoms in total. The number of anilines is 2. The van der Waals surface area contributed by atoms with Gasteiger partial charge in [-0.3, -0.25) is 9.59 Å². The number of pyridine rings is 1. The first-order chi connectivity index (χ1) is 13.6. The number of nitrogens with one attached hydrogen (secondary N) is 2. The van der Waals surface area contributed by atoms with Crippen LogP contribution in [0.15, 0.2) is 60.8 Å². The fourth-order valence-corrected chi connectivity index (χ4v) is 2.87. The fourth-order valence-electron chi connectivity index (χ4n) is 2.87. The van der Waals surface area contributed by atoms with Gasteiger partial charge in [0.2, 0.25) is 11.8 Å². The summed E-state index contributed by atoms with van der Waals surface area (Å²) in [6, 6.07) is 14.1. The number of amides is 2. The normalized spacial score (nSPS) is 12.7. The van der Waals surface area contributed by atoms with E-state index in [1.165, 1.54) is 30.5 Å². The lowest BCUT2D eigenvalue weighted by Crippen LogP contribution is -2.20. The molecule has 0 bridgehead atoms. The number of aryl methyl sites for hydroxylation is 1. The number of ether oxygens (including phenoxy) is 1. The van der Waals surface area contributed by atoms with Gasteiger partial charge in [-0.1, -0.05) is 0 Å². The van der Waals surface area contributed by atoms with Crippen molar-refractivity contribution in [2.24, 2.45) is 0 Å². The lowest BCUT2D eigenvalue weighted by molar-refractivity contribution is -0.116. The number of rotatable bonds is 4. The summed E-state index contributed by atoms with van der Waals surface area (Å²) in [6.07, 6.45) is 2.51. The largest absolute Gasteiger partial charge is 0.439 e. The zero-order valence-electron chi connectivity index (χ0n) is 14.7. The predicted molar refractivity (Wildman–Crippen MR) is 102 cm³/mol. The first-order valence-corrected chi connectivity index (χ1v) is 8.70. The van der Waals surface area contributed by atoms with Crippen molar-refractivity contribution in [2.75, 3.05) is 10.6 Å². The molecule has 0 spiro atoms. The van der Waals surface area contributed by atoms with Crippen LogP contribution < -0.4 is 15.4 Å². The standard InChI is InChI=1S/C21H16FN3O3/c22-15-3-6-17(7-4-15)28-20-10-5-16(12-23-20)24-21(27)14-1-8-18-13(11-14)2-9-19(26)25-18/h1,3-8,10-12H,2,9H2,(H,24,27)(H,25,26). The molecule has 140 valence electrons. The Hall–Kier alpha value is -3.74. The number of halogens is 1. The van der Waals surface area contributed by atoms with Gasteiger partial charge in [0, 0.05) is 23.7 Å². The third-order valence-electron chi connectivity index (χ3n) is 4.29. The van der Waals surface area contributed by atoms with Crippen LogP contribution in [0, 0.1) is 5.82 Å². The van der Waals surface area contributed by atoms with Gasteiger partial charge in [0.05, 0.1) is 11.9 Å². The molecular weight excluding hydrogens is 361 g/mol. The monoisotopic (exact) mass is 377 g/mol. The quantitative estimate of drug-likeness (QED) is 0.716. The van der Waals surface area contributed by atoms with E-state index in [1.807, 2.05) is 0 Å². The van der Waals surface area contributed by atoms with Crippen molar-refractivity contribution >= 4 is 23.2 Å². The summed E-state index contributed by atoms with van der Waals surface area (Å²) < 4.78 is 18.4. The number of hydrogen-bond acceptors (Lipinski definition) is 4. The number of carbonyl (C=O) groups excluding carboxylic acids is 2. The van der Waals surface area contributed by atoms with Crippen LogP contribution in [0.25, 0.3) is 0 Å². The van der Waals surface area contributed by atoms with Gasteiger partial charge in [-0.25, -0.2) is 9.37 Å². The molecule has 0 fully saturated rings. The Morgan fingerprint density at radius 1 is 1.07 bits per heavy atom. The molecular formula is C21H16FN3O3. The van der Waals surface area contributed by atoms with Crippen molar-refractivity contribution < 1.29 is 18.7 Å². The average Bonchev–Trinajstić information content (AvgIpc) is 2.70. The minimum absolute atomic E-state index is 0.0151. The Labute approximate surface area is 160 Å². The molecule has 2 N–H and O–H groups in total. The molecule has 0 unspecified atom stereocenters. The summed E-state index contributed by atoms with van der Waals surface area (Å²) in [5.74, 6) is 0.163. The molecule has 0 aliphatic carbocycles. The maximum Gasteiger partial charge on any atom is 0.255 e. The molecule has 4 rings (SSSR count). The van der Waals surface area contributed by atoms with Crippen LogP contribution in [0.5, 0.6) is 11.6 Å². The minimum atomic E-state index is -0.345. The molecule has 0 saturated carbocycles. The minimum Gasteiger partial charge on any atom is -0.439 e. The molecule has 1 aliphatic heterocycles. The molecule has 3 aromatic rings. The number of fused-ring (bicyclic) bond motifs is 1. The Morgan fingerprint density at radius 2 is 1.89 bits per heavy atom. The van der Waals surface area contributed by atoms with E-state index >= 15 is 0 Å². The molecule has 7 heteroatoms. The van der Waals surface area contributed by atoms with Crippen molar-refractivity contribution in [3.63, 3.8) is 0 Å². The smallest absolute Gasteiger partial charge is 0.255 e. The number of carbonyl (C=O) groups is 2. The van der Waals surface area contributed by atoms with Crippen LogP contribution in [-0.4, -0.2) is 16.8 Å². The number of nitrogens with zero attached hydrogens (tertiary/aromatic N) is 1. The van der Waals surface area contributed by atoms with E-state index in [0.29, 0.717) is 35.7 Å². The first kappa shape index (κ1) is 17.7. The van der Waals surface area contributed by atoms with Crippen molar-refractivity contribution in [3.8, 4) is 11.6 Å². The fraction of sp³-hybridized carbons (Fsp3) is 0.0952. The average molecular weight is 377 g/mol. The molecule has 2 aromatic carbocycles. The maximum atomic E-state index is 12.9. The summed E-state index contributed by atoms with van der Waals surface area (Å²) >= 11 is 0. The summed E-state index contributed by atoms with van der Waals surface area (Å²) in [5, 5.41) is 5.57.